The first-order valence-corrected chi connectivity index (χ1v) is 12.3. The summed E-state index contributed by atoms with van der Waals surface area (Å²) in [5.74, 6) is -1.97. The molecule has 166 valence electrons. The summed E-state index contributed by atoms with van der Waals surface area (Å²) in [5, 5.41) is 14.9. The van der Waals surface area contributed by atoms with Crippen LogP contribution in [0.4, 0.5) is 8.78 Å². The van der Waals surface area contributed by atoms with E-state index in [0.717, 1.165) is 33.7 Å². The molecule has 0 fully saturated rings. The third-order valence-corrected chi connectivity index (χ3v) is 7.16. The van der Waals surface area contributed by atoms with Crippen LogP contribution < -0.4 is 0 Å². The van der Waals surface area contributed by atoms with Crippen LogP contribution in [0.25, 0.3) is 26.7 Å². The van der Waals surface area contributed by atoms with Crippen LogP contribution in [-0.4, -0.2) is 29.6 Å². The molecule has 1 N–H and O–H groups in total. The molecule has 0 aliphatic heterocycles. The van der Waals surface area contributed by atoms with Gasteiger partial charge in [0.05, 0.1) is 26.8 Å². The zero-order valence-electron chi connectivity index (χ0n) is 17.5. The van der Waals surface area contributed by atoms with E-state index in [1.165, 1.54) is 22.1 Å². The molecule has 2 aromatic heterocycles. The van der Waals surface area contributed by atoms with Crippen molar-refractivity contribution in [2.24, 2.45) is 0 Å². The minimum Gasteiger partial charge on any atom is -0.384 e. The molecule has 0 aliphatic carbocycles. The van der Waals surface area contributed by atoms with E-state index in [1.807, 2.05) is 18.2 Å². The molecule has 32 heavy (non-hydrogen) atoms. The van der Waals surface area contributed by atoms with Gasteiger partial charge in [-0.25, -0.2) is 21.9 Å². The number of hydrogen-bond donors (Lipinski definition) is 1. The maximum absolute atomic E-state index is 13.9. The monoisotopic (exact) mass is 474 g/mol. The molecule has 0 saturated carbocycles. The zero-order valence-corrected chi connectivity index (χ0v) is 19.1. The molecule has 4 rings (SSSR count). The highest BCUT2D eigenvalue weighted by molar-refractivity contribution is 7.90. The number of thiophene rings is 1. The normalized spacial score (nSPS) is 12.3. The first-order valence-electron chi connectivity index (χ1n) is 9.62. The van der Waals surface area contributed by atoms with Crippen molar-refractivity contribution in [2.45, 2.75) is 24.3 Å². The summed E-state index contributed by atoms with van der Waals surface area (Å²) >= 11 is 1.39. The van der Waals surface area contributed by atoms with Crippen LogP contribution in [0.3, 0.4) is 0 Å². The summed E-state index contributed by atoms with van der Waals surface area (Å²) in [4.78, 5) is 1.81. The van der Waals surface area contributed by atoms with Crippen molar-refractivity contribution in [3.8, 4) is 26.7 Å². The summed E-state index contributed by atoms with van der Waals surface area (Å²) in [5.41, 5.74) is 0.756. The zero-order chi connectivity index (χ0) is 23.3. The molecular weight excluding hydrogens is 454 g/mol. The largest absolute Gasteiger partial charge is 0.384 e. The lowest BCUT2D eigenvalue weighted by molar-refractivity contribution is 0.0734. The van der Waals surface area contributed by atoms with Crippen LogP contribution in [0.2, 0.25) is 0 Å². The highest BCUT2D eigenvalue weighted by Gasteiger charge is 2.24. The van der Waals surface area contributed by atoms with E-state index in [9.17, 15) is 22.3 Å². The molecular formula is C23H20F2N2O3S2. The summed E-state index contributed by atoms with van der Waals surface area (Å²) in [6.07, 6.45) is 1.16. The van der Waals surface area contributed by atoms with Gasteiger partial charge in [0, 0.05) is 17.2 Å². The van der Waals surface area contributed by atoms with Crippen LogP contribution in [-0.2, 0) is 15.4 Å². The molecule has 0 saturated heterocycles. The lowest BCUT2D eigenvalue weighted by Gasteiger charge is -2.13. The fourth-order valence-electron chi connectivity index (χ4n) is 3.18. The summed E-state index contributed by atoms with van der Waals surface area (Å²) in [6, 6.07) is 15.5. The van der Waals surface area contributed by atoms with E-state index in [4.69, 9.17) is 0 Å². The molecule has 0 unspecified atom stereocenters. The fraction of sp³-hybridized carbons (Fsp3) is 0.174. The van der Waals surface area contributed by atoms with Crippen LogP contribution >= 0.6 is 11.3 Å². The minimum atomic E-state index is -3.35. The Morgan fingerprint density at radius 2 is 1.69 bits per heavy atom. The predicted molar refractivity (Wildman–Crippen MR) is 121 cm³/mol. The van der Waals surface area contributed by atoms with E-state index in [2.05, 4.69) is 5.10 Å². The molecule has 2 heterocycles. The van der Waals surface area contributed by atoms with E-state index in [0.29, 0.717) is 17.1 Å². The van der Waals surface area contributed by atoms with Gasteiger partial charge in [-0.15, -0.1) is 11.3 Å². The van der Waals surface area contributed by atoms with Gasteiger partial charge in [0.25, 0.3) is 0 Å². The Balaban J connectivity index is 1.83. The molecule has 0 amide bonds. The first-order chi connectivity index (χ1) is 14.9. The molecule has 4 aromatic rings. The van der Waals surface area contributed by atoms with Crippen molar-refractivity contribution in [3.63, 3.8) is 0 Å². The van der Waals surface area contributed by atoms with Gasteiger partial charge in [-0.1, -0.05) is 12.1 Å². The number of nitrogens with zero attached hydrogens (tertiary/aromatic N) is 2. The number of halogens is 2. The topological polar surface area (TPSA) is 72.2 Å². The van der Waals surface area contributed by atoms with Gasteiger partial charge >= 0.3 is 0 Å². The third kappa shape index (κ3) is 4.36. The van der Waals surface area contributed by atoms with Crippen LogP contribution in [0.15, 0.2) is 65.6 Å². The van der Waals surface area contributed by atoms with E-state index in [-0.39, 0.29) is 4.90 Å². The van der Waals surface area contributed by atoms with Crippen molar-refractivity contribution in [1.29, 1.82) is 0 Å². The quantitative estimate of drug-likeness (QED) is 0.433. The Morgan fingerprint density at radius 1 is 0.969 bits per heavy atom. The van der Waals surface area contributed by atoms with E-state index >= 15 is 0 Å². The standard InChI is InChI=1S/C23H20F2N2O3S2/c1-23(2,28)22-13-19(27(26-22)15-7-8-17(24)18(25)12-15)21-10-9-20(31-21)14-5-4-6-16(11-14)32(3,29)30/h4-13,28H,1-3H3. The van der Waals surface area contributed by atoms with Crippen molar-refractivity contribution in [3.05, 3.63) is 78.0 Å². The third-order valence-electron chi connectivity index (χ3n) is 4.89. The van der Waals surface area contributed by atoms with Gasteiger partial charge in [0.1, 0.15) is 5.60 Å². The number of benzene rings is 2. The second-order valence-electron chi connectivity index (χ2n) is 7.95. The van der Waals surface area contributed by atoms with E-state index in [1.54, 1.807) is 38.1 Å². The van der Waals surface area contributed by atoms with Gasteiger partial charge in [0.15, 0.2) is 21.5 Å². The second-order valence-corrected chi connectivity index (χ2v) is 11.0. The molecule has 0 atom stereocenters. The Hall–Kier alpha value is -2.88. The average Bonchev–Trinajstić information content (AvgIpc) is 3.36. The number of aliphatic hydroxyl groups is 1. The molecule has 5 nitrogen and oxygen atoms in total. The molecule has 0 radical (unpaired) electrons. The van der Waals surface area contributed by atoms with Crippen molar-refractivity contribution in [1.82, 2.24) is 9.78 Å². The second kappa shape index (κ2) is 7.91. The van der Waals surface area contributed by atoms with Gasteiger partial charge in [-0.2, -0.15) is 5.10 Å². The Kier molecular flexibility index (Phi) is 5.52. The number of rotatable bonds is 5. The Labute approximate surface area is 188 Å². The van der Waals surface area contributed by atoms with Crippen molar-refractivity contribution >= 4 is 21.2 Å². The smallest absolute Gasteiger partial charge is 0.175 e. The average molecular weight is 475 g/mol. The lowest BCUT2D eigenvalue weighted by Crippen LogP contribution is -2.16. The van der Waals surface area contributed by atoms with Gasteiger partial charge in [0.2, 0.25) is 0 Å². The predicted octanol–water partition coefficient (Wildman–Crippen LogP) is 5.18. The van der Waals surface area contributed by atoms with Crippen molar-refractivity contribution < 1.29 is 22.3 Å². The minimum absolute atomic E-state index is 0.223. The van der Waals surface area contributed by atoms with Crippen molar-refractivity contribution in [2.75, 3.05) is 6.26 Å². The lowest BCUT2D eigenvalue weighted by atomic mass is 10.1. The summed E-state index contributed by atoms with van der Waals surface area (Å²) < 4.78 is 52.6. The van der Waals surface area contributed by atoms with Gasteiger partial charge < -0.3 is 5.11 Å². The highest BCUT2D eigenvalue weighted by Crippen LogP contribution is 2.37. The number of sulfone groups is 1. The van der Waals surface area contributed by atoms with Gasteiger partial charge in [-0.05, 0) is 61.9 Å². The molecule has 0 aliphatic rings. The first kappa shape index (κ1) is 22.3. The highest BCUT2D eigenvalue weighted by atomic mass is 32.2. The van der Waals surface area contributed by atoms with E-state index < -0.39 is 27.1 Å². The summed E-state index contributed by atoms with van der Waals surface area (Å²) in [7, 11) is -3.35. The maximum atomic E-state index is 13.9. The van der Waals surface area contributed by atoms with Crippen LogP contribution in [0, 0.1) is 11.6 Å². The number of aromatic nitrogens is 2. The Bertz CT molecular complexity index is 1420. The SMILES string of the molecule is CC(C)(O)c1cc(-c2ccc(-c3cccc(S(C)(=O)=O)c3)s2)n(-c2ccc(F)c(F)c2)n1. The molecule has 0 bridgehead atoms. The molecule has 0 spiro atoms. The summed E-state index contributed by atoms with van der Waals surface area (Å²) in [6.45, 7) is 3.18. The molecule has 9 heteroatoms. The molecule has 2 aromatic carbocycles. The van der Waals surface area contributed by atoms with Crippen LogP contribution in [0.1, 0.15) is 19.5 Å². The fourth-order valence-corrected chi connectivity index (χ4v) is 4.85. The van der Waals surface area contributed by atoms with Crippen LogP contribution in [0.5, 0.6) is 0 Å². The number of hydrogen-bond acceptors (Lipinski definition) is 5. The maximum Gasteiger partial charge on any atom is 0.175 e. The van der Waals surface area contributed by atoms with Gasteiger partial charge in [-0.3, -0.25) is 0 Å². The Morgan fingerprint density at radius 3 is 2.34 bits per heavy atom.